The van der Waals surface area contributed by atoms with Gasteiger partial charge in [-0.2, -0.15) is 0 Å². The molecule has 1 saturated heterocycles. The van der Waals surface area contributed by atoms with Crippen molar-refractivity contribution in [2.75, 3.05) is 33.2 Å². The van der Waals surface area contributed by atoms with E-state index in [9.17, 15) is 9.59 Å². The number of hydrogen-bond acceptors (Lipinski definition) is 3. The van der Waals surface area contributed by atoms with E-state index in [-0.39, 0.29) is 17.7 Å². The maximum Gasteiger partial charge on any atom is 0.306 e. The van der Waals surface area contributed by atoms with Gasteiger partial charge in [0, 0.05) is 26.1 Å². The van der Waals surface area contributed by atoms with Crippen molar-refractivity contribution in [3.8, 4) is 0 Å². The fourth-order valence-corrected chi connectivity index (χ4v) is 3.36. The Morgan fingerprint density at radius 1 is 1.15 bits per heavy atom. The average Bonchev–Trinajstić information content (AvgIpc) is 2.97. The van der Waals surface area contributed by atoms with Crippen LogP contribution in [0.25, 0.3) is 0 Å². The summed E-state index contributed by atoms with van der Waals surface area (Å²) in [5.41, 5.74) is 0. The van der Waals surface area contributed by atoms with Gasteiger partial charge in [0.05, 0.1) is 5.92 Å². The second-order valence-electron chi connectivity index (χ2n) is 6.21. The lowest BCUT2D eigenvalue weighted by Gasteiger charge is -2.30. The number of likely N-dealkylation sites (N-methyl/N-ethyl adjacent to an activating group) is 1. The van der Waals surface area contributed by atoms with Crippen molar-refractivity contribution in [3.63, 3.8) is 0 Å². The van der Waals surface area contributed by atoms with Crippen LogP contribution in [0.15, 0.2) is 0 Å². The highest BCUT2D eigenvalue weighted by atomic mass is 16.4. The number of aliphatic carboxylic acids is 1. The molecule has 1 amide bonds. The summed E-state index contributed by atoms with van der Waals surface area (Å²) in [6, 6.07) is 0. The van der Waals surface area contributed by atoms with Gasteiger partial charge in [-0.25, -0.2) is 0 Å². The predicted octanol–water partition coefficient (Wildman–Crippen LogP) is 1.43. The minimum Gasteiger partial charge on any atom is -0.481 e. The highest BCUT2D eigenvalue weighted by Gasteiger charge is 2.32. The Morgan fingerprint density at radius 3 is 2.45 bits per heavy atom. The van der Waals surface area contributed by atoms with E-state index < -0.39 is 5.97 Å². The van der Waals surface area contributed by atoms with Gasteiger partial charge in [0.15, 0.2) is 0 Å². The third-order valence-electron chi connectivity index (χ3n) is 4.70. The molecule has 0 aromatic carbocycles. The summed E-state index contributed by atoms with van der Waals surface area (Å²) in [5.74, 6) is -1.03. The van der Waals surface area contributed by atoms with E-state index in [1.807, 2.05) is 7.05 Å². The van der Waals surface area contributed by atoms with Crippen LogP contribution in [0.2, 0.25) is 0 Å². The second-order valence-corrected chi connectivity index (χ2v) is 6.21. The van der Waals surface area contributed by atoms with Crippen molar-refractivity contribution in [2.45, 2.75) is 38.5 Å². The van der Waals surface area contributed by atoms with Crippen molar-refractivity contribution in [1.82, 2.24) is 9.80 Å². The van der Waals surface area contributed by atoms with E-state index >= 15 is 0 Å². The number of carbonyl (C=O) groups excluding carboxylic acids is 1. The number of amides is 1. The number of carbonyl (C=O) groups is 2. The summed E-state index contributed by atoms with van der Waals surface area (Å²) in [6.07, 6.45) is 5.46. The Bertz CT molecular complexity index is 353. The lowest BCUT2D eigenvalue weighted by atomic mass is 9.81. The maximum absolute atomic E-state index is 12.4. The number of likely N-dealkylation sites (tertiary alicyclic amines) is 1. The largest absolute Gasteiger partial charge is 0.481 e. The number of hydrogen-bond donors (Lipinski definition) is 1. The molecular weight excluding hydrogens is 256 g/mol. The number of nitrogens with zero attached hydrogens (tertiary/aromatic N) is 2. The molecule has 0 aromatic rings. The summed E-state index contributed by atoms with van der Waals surface area (Å²) in [6.45, 7) is 3.99. The zero-order chi connectivity index (χ0) is 14.5. The summed E-state index contributed by atoms with van der Waals surface area (Å²) in [7, 11) is 1.85. The minimum absolute atomic E-state index is 0.0894. The van der Waals surface area contributed by atoms with Crippen LogP contribution in [-0.2, 0) is 9.59 Å². The first kappa shape index (κ1) is 15.3. The van der Waals surface area contributed by atoms with E-state index in [2.05, 4.69) is 4.90 Å². The highest BCUT2D eigenvalue weighted by Crippen LogP contribution is 2.30. The second kappa shape index (κ2) is 7.07. The SMILES string of the molecule is CN(CCN1CCCC1)C(=O)C1CCCC(C(=O)O)C1. The van der Waals surface area contributed by atoms with E-state index in [1.165, 1.54) is 12.8 Å². The van der Waals surface area contributed by atoms with Gasteiger partial charge in [-0.1, -0.05) is 6.42 Å². The van der Waals surface area contributed by atoms with Gasteiger partial charge in [0.1, 0.15) is 0 Å². The molecule has 2 unspecified atom stereocenters. The first-order chi connectivity index (χ1) is 9.58. The Balaban J connectivity index is 1.78. The van der Waals surface area contributed by atoms with Crippen molar-refractivity contribution >= 4 is 11.9 Å². The summed E-state index contributed by atoms with van der Waals surface area (Å²) in [4.78, 5) is 27.6. The molecular formula is C15H26N2O3. The van der Waals surface area contributed by atoms with Gasteiger partial charge in [0.25, 0.3) is 0 Å². The van der Waals surface area contributed by atoms with Gasteiger partial charge in [-0.15, -0.1) is 0 Å². The Morgan fingerprint density at radius 2 is 1.80 bits per heavy atom. The average molecular weight is 282 g/mol. The van der Waals surface area contributed by atoms with Gasteiger partial charge < -0.3 is 14.9 Å². The van der Waals surface area contributed by atoms with Crippen LogP contribution in [0.1, 0.15) is 38.5 Å². The molecule has 0 radical (unpaired) electrons. The highest BCUT2D eigenvalue weighted by molar-refractivity contribution is 5.80. The topological polar surface area (TPSA) is 60.9 Å². The molecule has 5 nitrogen and oxygen atoms in total. The lowest BCUT2D eigenvalue weighted by Crippen LogP contribution is -2.40. The summed E-state index contributed by atoms with van der Waals surface area (Å²) in [5, 5.41) is 9.09. The van der Waals surface area contributed by atoms with Crippen LogP contribution < -0.4 is 0 Å². The number of rotatable bonds is 5. The van der Waals surface area contributed by atoms with E-state index in [0.29, 0.717) is 6.42 Å². The minimum atomic E-state index is -0.748. The Kier molecular flexibility index (Phi) is 5.40. The molecule has 2 atom stereocenters. The van der Waals surface area contributed by atoms with Crippen LogP contribution >= 0.6 is 0 Å². The molecule has 0 spiro atoms. The Labute approximate surface area is 120 Å². The van der Waals surface area contributed by atoms with Gasteiger partial charge in [0.2, 0.25) is 5.91 Å². The molecule has 0 aromatic heterocycles. The zero-order valence-electron chi connectivity index (χ0n) is 12.4. The quantitative estimate of drug-likeness (QED) is 0.828. The lowest BCUT2D eigenvalue weighted by molar-refractivity contribution is -0.145. The van der Waals surface area contributed by atoms with Crippen molar-refractivity contribution < 1.29 is 14.7 Å². The van der Waals surface area contributed by atoms with Crippen molar-refractivity contribution in [1.29, 1.82) is 0 Å². The van der Waals surface area contributed by atoms with Crippen LogP contribution in [-0.4, -0.2) is 60.0 Å². The molecule has 2 aliphatic rings. The third-order valence-corrected chi connectivity index (χ3v) is 4.70. The zero-order valence-corrected chi connectivity index (χ0v) is 12.4. The van der Waals surface area contributed by atoms with Crippen molar-refractivity contribution in [2.24, 2.45) is 11.8 Å². The van der Waals surface area contributed by atoms with Gasteiger partial charge in [-0.05, 0) is 45.2 Å². The number of carboxylic acid groups (broad SMARTS) is 1. The molecule has 2 fully saturated rings. The normalized spacial score (nSPS) is 27.4. The summed E-state index contributed by atoms with van der Waals surface area (Å²) >= 11 is 0. The van der Waals surface area contributed by atoms with Crippen LogP contribution in [0.3, 0.4) is 0 Å². The molecule has 1 heterocycles. The first-order valence-electron chi connectivity index (χ1n) is 7.78. The molecule has 1 aliphatic heterocycles. The number of carboxylic acids is 1. The fourth-order valence-electron chi connectivity index (χ4n) is 3.36. The molecule has 20 heavy (non-hydrogen) atoms. The molecule has 2 rings (SSSR count). The Hall–Kier alpha value is -1.10. The monoisotopic (exact) mass is 282 g/mol. The molecule has 1 aliphatic carbocycles. The molecule has 0 bridgehead atoms. The standard InChI is InChI=1S/C15H26N2O3/c1-16(9-10-17-7-2-3-8-17)14(18)12-5-4-6-13(11-12)15(19)20/h12-13H,2-11H2,1H3,(H,19,20). The third kappa shape index (κ3) is 3.95. The van der Waals surface area contributed by atoms with Crippen LogP contribution in [0.5, 0.6) is 0 Å². The molecule has 114 valence electrons. The maximum atomic E-state index is 12.4. The molecule has 1 N–H and O–H groups in total. The van der Waals surface area contributed by atoms with Crippen LogP contribution in [0.4, 0.5) is 0 Å². The first-order valence-corrected chi connectivity index (χ1v) is 7.78. The van der Waals surface area contributed by atoms with Gasteiger partial charge >= 0.3 is 5.97 Å². The molecule has 1 saturated carbocycles. The smallest absolute Gasteiger partial charge is 0.306 e. The van der Waals surface area contributed by atoms with E-state index in [4.69, 9.17) is 5.11 Å². The van der Waals surface area contributed by atoms with E-state index in [1.54, 1.807) is 4.90 Å². The van der Waals surface area contributed by atoms with E-state index in [0.717, 1.165) is 45.4 Å². The van der Waals surface area contributed by atoms with Gasteiger partial charge in [-0.3, -0.25) is 9.59 Å². The summed E-state index contributed by atoms with van der Waals surface area (Å²) < 4.78 is 0. The predicted molar refractivity (Wildman–Crippen MR) is 76.4 cm³/mol. The fraction of sp³-hybridized carbons (Fsp3) is 0.867. The van der Waals surface area contributed by atoms with Crippen molar-refractivity contribution in [3.05, 3.63) is 0 Å². The molecule has 5 heteroatoms. The van der Waals surface area contributed by atoms with Crippen LogP contribution in [0, 0.1) is 11.8 Å².